The van der Waals surface area contributed by atoms with E-state index in [-0.39, 0.29) is 26.8 Å². The molecule has 33 heavy (non-hydrogen) atoms. The van der Waals surface area contributed by atoms with Gasteiger partial charge in [-0.1, -0.05) is 106 Å². The molecule has 0 saturated carbocycles. The van der Waals surface area contributed by atoms with Crippen molar-refractivity contribution >= 4 is 5.78 Å². The van der Waals surface area contributed by atoms with Crippen molar-refractivity contribution in [2.24, 2.45) is 0 Å². The van der Waals surface area contributed by atoms with E-state index in [1.165, 1.54) is 31.2 Å². The van der Waals surface area contributed by atoms with Gasteiger partial charge in [-0.05, 0) is 16.8 Å². The molecule has 0 unspecified atom stereocenters. The number of carbonyl (C=O) groups excluding carboxylic acids is 1. The van der Waals surface area contributed by atoms with Crippen molar-refractivity contribution in [2.45, 2.75) is 39.0 Å². The number of rotatable bonds is 9. The van der Waals surface area contributed by atoms with Crippen molar-refractivity contribution in [2.75, 3.05) is 0 Å². The number of nitrogens with zero attached hydrogens (tertiary/aromatic N) is 1. The fraction of sp³-hybridized carbons (Fsp3) is 0.200. The third-order valence-electron chi connectivity index (χ3n) is 5.75. The number of hydrogen-bond donors (Lipinski definition) is 0. The molecule has 0 aliphatic heterocycles. The molecule has 0 aliphatic rings. The molecule has 3 heteroatoms. The molecule has 0 spiro atoms. The quantitative estimate of drug-likeness (QED) is 0.111. The van der Waals surface area contributed by atoms with E-state index in [0.717, 1.165) is 28.8 Å². The van der Waals surface area contributed by atoms with Crippen LogP contribution in [0.15, 0.2) is 91.1 Å². The minimum atomic E-state index is 0. The molecular formula is C30H28NOPt-. The number of unbranched alkanes of at least 4 members (excludes halogenated alkanes) is 3. The van der Waals surface area contributed by atoms with Gasteiger partial charge in [-0.25, -0.2) is 0 Å². The van der Waals surface area contributed by atoms with E-state index in [2.05, 4.69) is 42.2 Å². The molecule has 0 radical (unpaired) electrons. The Hall–Kier alpha value is -2.83. The van der Waals surface area contributed by atoms with Gasteiger partial charge in [0, 0.05) is 38.4 Å². The minimum absolute atomic E-state index is 0. The van der Waals surface area contributed by atoms with Gasteiger partial charge in [0.2, 0.25) is 0 Å². The molecule has 0 N–H and O–H groups in total. The normalized spacial score (nSPS) is 10.5. The summed E-state index contributed by atoms with van der Waals surface area (Å²) in [6.07, 6.45) is 8.11. The van der Waals surface area contributed by atoms with Crippen LogP contribution in [-0.2, 0) is 27.5 Å². The third kappa shape index (κ3) is 6.59. The Labute approximate surface area is 211 Å². The molecule has 0 aliphatic carbocycles. The second-order valence-corrected chi connectivity index (χ2v) is 8.13. The Morgan fingerprint density at radius 2 is 1.52 bits per heavy atom. The molecule has 170 valence electrons. The average molecular weight is 614 g/mol. The number of hydrogen-bond acceptors (Lipinski definition) is 2. The van der Waals surface area contributed by atoms with Gasteiger partial charge in [-0.2, -0.15) is 0 Å². The van der Waals surface area contributed by atoms with Gasteiger partial charge < -0.3 is 4.98 Å². The summed E-state index contributed by atoms with van der Waals surface area (Å²) in [5.41, 5.74) is 6.73. The van der Waals surface area contributed by atoms with E-state index < -0.39 is 0 Å². The van der Waals surface area contributed by atoms with Crippen LogP contribution in [0.2, 0.25) is 0 Å². The Morgan fingerprint density at radius 3 is 2.15 bits per heavy atom. The summed E-state index contributed by atoms with van der Waals surface area (Å²) in [6, 6.07) is 31.0. The zero-order chi connectivity index (χ0) is 22.2. The summed E-state index contributed by atoms with van der Waals surface area (Å²) in [4.78, 5) is 17.2. The van der Waals surface area contributed by atoms with Gasteiger partial charge in [0.15, 0.2) is 5.78 Å². The van der Waals surface area contributed by atoms with Crippen molar-refractivity contribution in [3.63, 3.8) is 0 Å². The fourth-order valence-corrected chi connectivity index (χ4v) is 3.82. The monoisotopic (exact) mass is 613 g/mol. The maximum Gasteiger partial charge on any atom is 0.193 e. The van der Waals surface area contributed by atoms with Crippen molar-refractivity contribution in [3.8, 4) is 22.4 Å². The van der Waals surface area contributed by atoms with Gasteiger partial charge in [-0.3, -0.25) is 4.79 Å². The summed E-state index contributed by atoms with van der Waals surface area (Å²) < 4.78 is 0. The largest absolute Gasteiger partial charge is 0.304 e. The van der Waals surface area contributed by atoms with Gasteiger partial charge >= 0.3 is 0 Å². The van der Waals surface area contributed by atoms with Crippen LogP contribution >= 0.6 is 0 Å². The average Bonchev–Trinajstić information content (AvgIpc) is 2.87. The molecule has 4 aromatic rings. The third-order valence-corrected chi connectivity index (χ3v) is 5.75. The SMILES string of the molecule is CCCCCCc1c[c-]c(-c2ccc(-c3ccc(C(=O)c4ccccc4)cc3)cn2)cc1.[Pt]. The van der Waals surface area contributed by atoms with E-state index in [4.69, 9.17) is 0 Å². The van der Waals surface area contributed by atoms with Crippen LogP contribution in [0.1, 0.15) is 54.1 Å². The topological polar surface area (TPSA) is 30.0 Å². The molecule has 0 atom stereocenters. The van der Waals surface area contributed by atoms with Crippen molar-refractivity contribution in [3.05, 3.63) is 114 Å². The zero-order valence-corrected chi connectivity index (χ0v) is 21.1. The van der Waals surface area contributed by atoms with Gasteiger partial charge in [0.25, 0.3) is 0 Å². The summed E-state index contributed by atoms with van der Waals surface area (Å²) in [7, 11) is 0. The van der Waals surface area contributed by atoms with Crippen LogP contribution in [0.5, 0.6) is 0 Å². The Balaban J connectivity index is 0.00000306. The molecule has 1 aromatic heterocycles. The van der Waals surface area contributed by atoms with Crippen molar-refractivity contribution < 1.29 is 25.9 Å². The summed E-state index contributed by atoms with van der Waals surface area (Å²) in [5, 5.41) is 0. The number of benzene rings is 3. The van der Waals surface area contributed by atoms with E-state index in [0.29, 0.717) is 11.1 Å². The van der Waals surface area contributed by atoms with Gasteiger partial charge in [-0.15, -0.1) is 35.4 Å². The zero-order valence-electron chi connectivity index (χ0n) is 18.9. The van der Waals surface area contributed by atoms with E-state index >= 15 is 0 Å². The Kier molecular flexibility index (Phi) is 9.33. The first-order valence-electron chi connectivity index (χ1n) is 11.4. The molecule has 4 rings (SSSR count). The number of pyridine rings is 1. The first-order chi connectivity index (χ1) is 15.7. The first-order valence-corrected chi connectivity index (χ1v) is 11.4. The Morgan fingerprint density at radius 1 is 0.788 bits per heavy atom. The smallest absolute Gasteiger partial charge is 0.193 e. The summed E-state index contributed by atoms with van der Waals surface area (Å²) in [5.74, 6) is 0.0370. The second kappa shape index (κ2) is 12.4. The molecule has 0 fully saturated rings. The first kappa shape index (κ1) is 24.8. The van der Waals surface area contributed by atoms with Crippen LogP contribution in [0.4, 0.5) is 0 Å². The molecular weight excluding hydrogens is 585 g/mol. The summed E-state index contributed by atoms with van der Waals surface area (Å²) in [6.45, 7) is 2.24. The number of carbonyl (C=O) groups is 1. The van der Waals surface area contributed by atoms with Gasteiger partial charge in [0.05, 0.1) is 0 Å². The van der Waals surface area contributed by atoms with Gasteiger partial charge in [0.1, 0.15) is 0 Å². The van der Waals surface area contributed by atoms with Crippen molar-refractivity contribution in [1.82, 2.24) is 4.98 Å². The Bertz CT molecular complexity index is 1130. The fourth-order valence-electron chi connectivity index (χ4n) is 3.82. The molecule has 1 heterocycles. The molecule has 0 bridgehead atoms. The second-order valence-electron chi connectivity index (χ2n) is 8.13. The standard InChI is InChI=1S/C30H28NO.Pt/c1-2-3-4-6-9-23-12-14-25(15-13-23)29-21-20-28(22-31-29)24-16-18-27(19-17-24)30(32)26-10-7-5-8-11-26;/h5,7-8,10-14,16-22H,2-4,6,9H2,1H3;/q-1;. The predicted octanol–water partition coefficient (Wildman–Crippen LogP) is 7.57. The van der Waals surface area contributed by atoms with Crippen LogP contribution < -0.4 is 0 Å². The number of ketones is 1. The summed E-state index contributed by atoms with van der Waals surface area (Å²) >= 11 is 0. The predicted molar refractivity (Wildman–Crippen MR) is 132 cm³/mol. The van der Waals surface area contributed by atoms with Crippen molar-refractivity contribution in [1.29, 1.82) is 0 Å². The van der Waals surface area contributed by atoms with E-state index in [1.807, 2.05) is 66.9 Å². The van der Waals surface area contributed by atoms with E-state index in [9.17, 15) is 4.79 Å². The number of aromatic nitrogens is 1. The number of aryl methyl sites for hydroxylation is 1. The van der Waals surface area contributed by atoms with E-state index in [1.54, 1.807) is 0 Å². The van der Waals surface area contributed by atoms with Crippen LogP contribution in [-0.4, -0.2) is 10.8 Å². The molecule has 3 aromatic carbocycles. The molecule has 0 amide bonds. The van der Waals surface area contributed by atoms with Crippen LogP contribution in [0.25, 0.3) is 22.4 Å². The maximum absolute atomic E-state index is 12.6. The van der Waals surface area contributed by atoms with Crippen LogP contribution in [0.3, 0.4) is 0 Å². The molecule has 0 saturated heterocycles. The molecule has 2 nitrogen and oxygen atoms in total. The minimum Gasteiger partial charge on any atom is -0.304 e. The van der Waals surface area contributed by atoms with Crippen LogP contribution in [0, 0.1) is 6.07 Å². The maximum atomic E-state index is 12.6.